The van der Waals surface area contributed by atoms with Crippen LogP contribution >= 0.6 is 0 Å². The van der Waals surface area contributed by atoms with Gasteiger partial charge in [0.25, 0.3) is 5.92 Å². The van der Waals surface area contributed by atoms with Crippen molar-refractivity contribution in [2.75, 3.05) is 34.5 Å². The van der Waals surface area contributed by atoms with Gasteiger partial charge in [-0.2, -0.15) is 13.2 Å². The van der Waals surface area contributed by atoms with Gasteiger partial charge in [0.05, 0.1) is 0 Å². The fourth-order valence-corrected chi connectivity index (χ4v) is 15.6. The minimum atomic E-state index is -4.92. The summed E-state index contributed by atoms with van der Waals surface area (Å²) >= 11 is 0. The molecule has 0 amide bonds. The molecule has 0 saturated heterocycles. The van der Waals surface area contributed by atoms with Crippen LogP contribution in [0.2, 0.25) is 44.3 Å². The van der Waals surface area contributed by atoms with Gasteiger partial charge >= 0.3 is 15.0 Å². The summed E-state index contributed by atoms with van der Waals surface area (Å²) < 4.78 is 90.2. The molecule has 0 atom stereocenters. The topological polar surface area (TPSA) is 46.2 Å². The van der Waals surface area contributed by atoms with E-state index in [0.717, 1.165) is 6.04 Å². The Bertz CT molecular complexity index is 466. The van der Waals surface area contributed by atoms with E-state index in [1.54, 1.807) is 21.3 Å². The quantitative estimate of drug-likeness (QED) is 0.179. The molecule has 0 aliphatic carbocycles. The summed E-state index contributed by atoms with van der Waals surface area (Å²) in [6.07, 6.45) is -6.63. The van der Waals surface area contributed by atoms with Crippen LogP contribution in [0.25, 0.3) is 0 Å². The maximum atomic E-state index is 13.2. The highest BCUT2D eigenvalue weighted by Gasteiger charge is 2.44. The average Bonchev–Trinajstić information content (AvgIpc) is 2.53. The summed E-state index contributed by atoms with van der Waals surface area (Å²) in [7, 11) is -2.14. The summed E-state index contributed by atoms with van der Waals surface area (Å²) in [5.41, 5.74) is 0. The van der Waals surface area contributed by atoms with Crippen LogP contribution in [-0.2, 0) is 22.1 Å². The molecule has 0 rings (SSSR count). The molecule has 0 aliphatic heterocycles. The Hall–Kier alpha value is 0.101. The molecule has 0 aromatic heterocycles. The van der Waals surface area contributed by atoms with E-state index in [1.165, 1.54) is 0 Å². The normalized spacial score (nSPS) is 14.5. The molecular weight excluding hydrogens is 451 g/mol. The highest BCUT2D eigenvalue weighted by atomic mass is 28.4. The van der Waals surface area contributed by atoms with Crippen molar-refractivity contribution >= 4 is 25.4 Å². The summed E-state index contributed by atoms with van der Waals surface area (Å²) in [6, 6.07) is 2.08. The zero-order valence-corrected chi connectivity index (χ0v) is 21.4. The number of hydrogen-bond acceptors (Lipinski definition) is 5. The summed E-state index contributed by atoms with van der Waals surface area (Å²) in [5, 5.41) is 0. The van der Waals surface area contributed by atoms with E-state index >= 15 is 0 Å². The third kappa shape index (κ3) is 13.2. The number of halogens is 5. The second kappa shape index (κ2) is 11.6. The first kappa shape index (κ1) is 29.1. The van der Waals surface area contributed by atoms with Gasteiger partial charge in [0.15, 0.2) is 16.6 Å². The lowest BCUT2D eigenvalue weighted by molar-refractivity contribution is -0.201. The van der Waals surface area contributed by atoms with Gasteiger partial charge in [-0.25, -0.2) is 8.78 Å². The van der Waals surface area contributed by atoms with Crippen molar-refractivity contribution < 1.29 is 44.1 Å². The van der Waals surface area contributed by atoms with Gasteiger partial charge in [-0.05, 0) is 44.7 Å². The van der Waals surface area contributed by atoms with E-state index in [0.29, 0.717) is 18.5 Å². The van der Waals surface area contributed by atoms with E-state index in [1.807, 2.05) is 13.1 Å². The molecule has 0 fully saturated rings. The molecule has 176 valence electrons. The molecule has 0 N–H and O–H groups in total. The van der Waals surface area contributed by atoms with Gasteiger partial charge in [0.1, 0.15) is 13.0 Å². The third-order valence-electron chi connectivity index (χ3n) is 4.36. The molecule has 0 aliphatic rings. The van der Waals surface area contributed by atoms with Gasteiger partial charge in [-0.15, -0.1) is 0 Å². The second-order valence-corrected chi connectivity index (χ2v) is 20.2. The van der Waals surface area contributed by atoms with Gasteiger partial charge in [0, 0.05) is 34.0 Å². The predicted octanol–water partition coefficient (Wildman–Crippen LogP) is 5.29. The van der Waals surface area contributed by atoms with E-state index in [9.17, 15) is 22.0 Å². The van der Waals surface area contributed by atoms with Gasteiger partial charge < -0.3 is 22.1 Å². The highest BCUT2D eigenvalue weighted by molar-refractivity contribution is 6.85. The lowest BCUT2D eigenvalue weighted by Gasteiger charge is -2.35. The van der Waals surface area contributed by atoms with Crippen LogP contribution in [0.5, 0.6) is 0 Å². The number of rotatable bonds is 15. The molecule has 0 heterocycles. The molecule has 0 bridgehead atoms. The number of ether oxygens (including phenoxy) is 1. The monoisotopic (exact) mass is 486 g/mol. The van der Waals surface area contributed by atoms with E-state index in [4.69, 9.17) is 22.1 Å². The van der Waals surface area contributed by atoms with Crippen LogP contribution in [0.1, 0.15) is 12.8 Å². The maximum Gasteiger partial charge on any atom is 0.499 e. The molecule has 0 spiro atoms. The first-order chi connectivity index (χ1) is 13.0. The molecule has 13 heteroatoms. The summed E-state index contributed by atoms with van der Waals surface area (Å²) in [6.45, 7) is 7.00. The molecular formula is C16H35F5O5Si3. The van der Waals surface area contributed by atoms with Crippen LogP contribution in [0.15, 0.2) is 0 Å². The van der Waals surface area contributed by atoms with E-state index in [2.05, 4.69) is 13.1 Å². The Kier molecular flexibility index (Phi) is 11.7. The Balaban J connectivity index is 4.40. The van der Waals surface area contributed by atoms with Crippen molar-refractivity contribution in [1.82, 2.24) is 0 Å². The standard InChI is InChI=1S/C16H35F5O5Si3/c1-22-29(23-2,24-3)12-11-28(6,7)26-27(4,5)10-8-9-25-14-15(17,18)13-16(19,20)21/h8-14H2,1-7H3. The molecule has 0 unspecified atom stereocenters. The van der Waals surface area contributed by atoms with Crippen LogP contribution in [0.4, 0.5) is 22.0 Å². The van der Waals surface area contributed by atoms with Gasteiger partial charge in [0.2, 0.25) is 0 Å². The van der Waals surface area contributed by atoms with Gasteiger partial charge in [-0.1, -0.05) is 0 Å². The number of hydrogen-bond donors (Lipinski definition) is 0. The third-order valence-corrected chi connectivity index (χ3v) is 15.0. The van der Waals surface area contributed by atoms with Crippen molar-refractivity contribution in [2.24, 2.45) is 0 Å². The molecule has 0 saturated carbocycles. The van der Waals surface area contributed by atoms with Crippen molar-refractivity contribution in [3.63, 3.8) is 0 Å². The SMILES string of the molecule is CO[Si](CC[Si](C)(C)O[Si](C)(C)CCCOCC(F)(F)CC(F)(F)F)(OC)OC. The first-order valence-electron chi connectivity index (χ1n) is 9.39. The fraction of sp³-hybridized carbons (Fsp3) is 1.00. The largest absolute Gasteiger partial charge is 0.499 e. The minimum absolute atomic E-state index is 0.0255. The Morgan fingerprint density at radius 2 is 1.21 bits per heavy atom. The van der Waals surface area contributed by atoms with E-state index in [-0.39, 0.29) is 6.61 Å². The Labute approximate surface area is 173 Å². The van der Waals surface area contributed by atoms with Crippen LogP contribution < -0.4 is 0 Å². The molecule has 0 radical (unpaired) electrons. The Morgan fingerprint density at radius 1 is 0.724 bits per heavy atom. The molecule has 0 aromatic rings. The zero-order chi connectivity index (χ0) is 23.0. The fourth-order valence-electron chi connectivity index (χ4n) is 3.03. The Morgan fingerprint density at radius 3 is 1.66 bits per heavy atom. The highest BCUT2D eigenvalue weighted by Crippen LogP contribution is 2.32. The molecule has 0 aromatic carbocycles. The predicted molar refractivity (Wildman–Crippen MR) is 108 cm³/mol. The lowest BCUT2D eigenvalue weighted by Crippen LogP contribution is -2.48. The smallest absolute Gasteiger partial charge is 0.456 e. The number of alkyl halides is 5. The summed E-state index contributed by atoms with van der Waals surface area (Å²) in [5.74, 6) is -3.91. The van der Waals surface area contributed by atoms with Crippen molar-refractivity contribution in [3.8, 4) is 0 Å². The summed E-state index contributed by atoms with van der Waals surface area (Å²) in [4.78, 5) is 0. The van der Waals surface area contributed by atoms with E-state index < -0.39 is 50.6 Å². The molecule has 5 nitrogen and oxygen atoms in total. The minimum Gasteiger partial charge on any atom is -0.456 e. The van der Waals surface area contributed by atoms with Crippen LogP contribution in [-0.4, -0.2) is 72.1 Å². The maximum absolute atomic E-state index is 13.2. The average molecular weight is 487 g/mol. The zero-order valence-electron chi connectivity index (χ0n) is 18.4. The van der Waals surface area contributed by atoms with Crippen molar-refractivity contribution in [2.45, 2.75) is 69.3 Å². The van der Waals surface area contributed by atoms with Crippen molar-refractivity contribution in [1.29, 1.82) is 0 Å². The lowest BCUT2D eigenvalue weighted by atomic mass is 10.2. The molecule has 29 heavy (non-hydrogen) atoms. The van der Waals surface area contributed by atoms with Crippen LogP contribution in [0.3, 0.4) is 0 Å². The van der Waals surface area contributed by atoms with Crippen molar-refractivity contribution in [3.05, 3.63) is 0 Å². The first-order valence-corrected chi connectivity index (χ1v) is 17.6. The van der Waals surface area contributed by atoms with Crippen LogP contribution in [0, 0.1) is 0 Å². The van der Waals surface area contributed by atoms with Gasteiger partial charge in [-0.3, -0.25) is 0 Å². The second-order valence-electron chi connectivity index (χ2n) is 8.22.